The lowest BCUT2D eigenvalue weighted by Gasteiger charge is -2.17. The number of hydrogen-bond acceptors (Lipinski definition) is 2. The maximum absolute atomic E-state index is 3.72. The molecule has 20 heavy (non-hydrogen) atoms. The third-order valence-corrected chi connectivity index (χ3v) is 5.09. The minimum atomic E-state index is 0.590. The van der Waals surface area contributed by atoms with Crippen LogP contribution in [0.4, 0.5) is 0 Å². The monoisotopic (exact) mass is 285 g/mol. The van der Waals surface area contributed by atoms with Gasteiger partial charge in [-0.15, -0.1) is 0 Å². The molecule has 0 bridgehead atoms. The molecule has 1 aliphatic carbocycles. The number of nitrogens with one attached hydrogen (secondary N) is 1. The van der Waals surface area contributed by atoms with Gasteiger partial charge in [0.2, 0.25) is 0 Å². The summed E-state index contributed by atoms with van der Waals surface area (Å²) < 4.78 is 0. The SMILES string of the molecule is CC(CNC1CCCC1)c1ccc(-c2ccsc2)cc1. The lowest BCUT2D eigenvalue weighted by Crippen LogP contribution is -2.29. The van der Waals surface area contributed by atoms with Crippen molar-refractivity contribution in [2.24, 2.45) is 0 Å². The van der Waals surface area contributed by atoms with Crippen LogP contribution in [0.25, 0.3) is 11.1 Å². The summed E-state index contributed by atoms with van der Waals surface area (Å²) in [6.45, 7) is 3.42. The first-order chi connectivity index (χ1) is 9.83. The van der Waals surface area contributed by atoms with Gasteiger partial charge in [0.05, 0.1) is 0 Å². The van der Waals surface area contributed by atoms with Crippen molar-refractivity contribution >= 4 is 11.3 Å². The average molecular weight is 285 g/mol. The van der Waals surface area contributed by atoms with Crippen LogP contribution in [-0.2, 0) is 0 Å². The zero-order valence-electron chi connectivity index (χ0n) is 12.1. The molecule has 1 atom stereocenters. The normalized spacial score (nSPS) is 17.4. The Hall–Kier alpha value is -1.12. The van der Waals surface area contributed by atoms with E-state index in [-0.39, 0.29) is 0 Å². The van der Waals surface area contributed by atoms with E-state index in [9.17, 15) is 0 Å². The molecule has 1 aliphatic rings. The first-order valence-corrected chi connectivity index (χ1v) is 8.63. The Morgan fingerprint density at radius 3 is 2.50 bits per heavy atom. The van der Waals surface area contributed by atoms with E-state index in [4.69, 9.17) is 0 Å². The van der Waals surface area contributed by atoms with Crippen molar-refractivity contribution in [1.82, 2.24) is 5.32 Å². The third-order valence-electron chi connectivity index (χ3n) is 4.40. The second-order valence-electron chi connectivity index (χ2n) is 5.92. The molecule has 1 aromatic carbocycles. The van der Waals surface area contributed by atoms with Crippen molar-refractivity contribution < 1.29 is 0 Å². The molecular formula is C18H23NS. The predicted octanol–water partition coefficient (Wildman–Crippen LogP) is 5.05. The second kappa shape index (κ2) is 6.55. The highest BCUT2D eigenvalue weighted by molar-refractivity contribution is 7.08. The maximum atomic E-state index is 3.72. The first-order valence-electron chi connectivity index (χ1n) is 7.69. The van der Waals surface area contributed by atoms with Crippen molar-refractivity contribution in [2.45, 2.75) is 44.6 Å². The zero-order chi connectivity index (χ0) is 13.8. The molecule has 0 aliphatic heterocycles. The average Bonchev–Trinajstić information content (AvgIpc) is 3.18. The highest BCUT2D eigenvalue weighted by Crippen LogP contribution is 2.25. The van der Waals surface area contributed by atoms with Gasteiger partial charge >= 0.3 is 0 Å². The number of benzene rings is 1. The summed E-state index contributed by atoms with van der Waals surface area (Å²) in [5.74, 6) is 0.590. The molecule has 1 nitrogen and oxygen atoms in total. The van der Waals surface area contributed by atoms with Crippen LogP contribution in [0.5, 0.6) is 0 Å². The highest BCUT2D eigenvalue weighted by Gasteiger charge is 2.15. The van der Waals surface area contributed by atoms with Gasteiger partial charge < -0.3 is 5.32 Å². The topological polar surface area (TPSA) is 12.0 Å². The van der Waals surface area contributed by atoms with Crippen molar-refractivity contribution in [3.63, 3.8) is 0 Å². The van der Waals surface area contributed by atoms with Gasteiger partial charge in [-0.1, -0.05) is 44.0 Å². The molecule has 2 heteroatoms. The van der Waals surface area contributed by atoms with E-state index < -0.39 is 0 Å². The largest absolute Gasteiger partial charge is 0.313 e. The van der Waals surface area contributed by atoms with Gasteiger partial charge in [-0.2, -0.15) is 11.3 Å². The molecule has 1 fully saturated rings. The smallest absolute Gasteiger partial charge is 0.00673 e. The summed E-state index contributed by atoms with van der Waals surface area (Å²) in [7, 11) is 0. The van der Waals surface area contributed by atoms with Crippen molar-refractivity contribution in [3.8, 4) is 11.1 Å². The van der Waals surface area contributed by atoms with Gasteiger partial charge in [0, 0.05) is 12.6 Å². The quantitative estimate of drug-likeness (QED) is 0.810. The highest BCUT2D eigenvalue weighted by atomic mass is 32.1. The molecule has 0 saturated heterocycles. The van der Waals surface area contributed by atoms with Crippen molar-refractivity contribution in [3.05, 3.63) is 46.7 Å². The summed E-state index contributed by atoms with van der Waals surface area (Å²) in [4.78, 5) is 0. The van der Waals surface area contributed by atoms with Gasteiger partial charge in [0.15, 0.2) is 0 Å². The van der Waals surface area contributed by atoms with Crippen molar-refractivity contribution in [1.29, 1.82) is 0 Å². The van der Waals surface area contributed by atoms with E-state index in [1.165, 1.54) is 42.4 Å². The van der Waals surface area contributed by atoms with Gasteiger partial charge in [-0.05, 0) is 52.3 Å². The Morgan fingerprint density at radius 1 is 1.10 bits per heavy atom. The van der Waals surface area contributed by atoms with Gasteiger partial charge in [0.1, 0.15) is 0 Å². The molecule has 3 rings (SSSR count). The number of rotatable bonds is 5. The van der Waals surface area contributed by atoms with Crippen molar-refractivity contribution in [2.75, 3.05) is 6.54 Å². The standard InChI is InChI=1S/C18H23NS/c1-14(12-19-18-4-2-3-5-18)15-6-8-16(9-7-15)17-10-11-20-13-17/h6-11,13-14,18-19H,2-5,12H2,1H3. The number of thiophene rings is 1. The molecule has 0 spiro atoms. The minimum absolute atomic E-state index is 0.590. The predicted molar refractivity (Wildman–Crippen MR) is 88.4 cm³/mol. The fourth-order valence-corrected chi connectivity index (χ4v) is 3.69. The summed E-state index contributed by atoms with van der Waals surface area (Å²) >= 11 is 1.76. The zero-order valence-corrected chi connectivity index (χ0v) is 13.0. The molecule has 1 heterocycles. The lowest BCUT2D eigenvalue weighted by atomic mass is 9.98. The van der Waals surface area contributed by atoms with E-state index >= 15 is 0 Å². The Labute approximate surface area is 126 Å². The molecule has 106 valence electrons. The van der Waals surface area contributed by atoms with Gasteiger partial charge in [-0.25, -0.2) is 0 Å². The fraction of sp³-hybridized carbons (Fsp3) is 0.444. The summed E-state index contributed by atoms with van der Waals surface area (Å²) in [6, 6.07) is 12.0. The van der Waals surface area contributed by atoms with Crippen LogP contribution in [-0.4, -0.2) is 12.6 Å². The minimum Gasteiger partial charge on any atom is -0.313 e. The summed E-state index contributed by atoms with van der Waals surface area (Å²) in [5.41, 5.74) is 4.10. The van der Waals surface area contributed by atoms with Crippen LogP contribution in [0.15, 0.2) is 41.1 Å². The molecule has 2 aromatic rings. The molecule has 1 unspecified atom stereocenters. The van der Waals surface area contributed by atoms with Crippen LogP contribution in [0.3, 0.4) is 0 Å². The second-order valence-corrected chi connectivity index (χ2v) is 6.70. The molecule has 0 amide bonds. The Kier molecular flexibility index (Phi) is 4.54. The third kappa shape index (κ3) is 3.31. The van der Waals surface area contributed by atoms with Crippen LogP contribution in [0.1, 0.15) is 44.1 Å². The summed E-state index contributed by atoms with van der Waals surface area (Å²) in [6.07, 6.45) is 5.54. The Balaban J connectivity index is 1.59. The lowest BCUT2D eigenvalue weighted by molar-refractivity contribution is 0.500. The molecule has 0 radical (unpaired) electrons. The van der Waals surface area contributed by atoms with Crippen LogP contribution in [0.2, 0.25) is 0 Å². The Bertz CT molecular complexity index is 509. The van der Waals surface area contributed by atoms with Crippen LogP contribution in [0, 0.1) is 0 Å². The summed E-state index contributed by atoms with van der Waals surface area (Å²) in [5, 5.41) is 8.07. The number of hydrogen-bond donors (Lipinski definition) is 1. The molecule has 1 saturated carbocycles. The van der Waals surface area contributed by atoms with E-state index in [1.807, 2.05) is 0 Å². The first kappa shape index (κ1) is 13.8. The van der Waals surface area contributed by atoms with E-state index in [0.29, 0.717) is 5.92 Å². The van der Waals surface area contributed by atoms with Gasteiger partial charge in [-0.3, -0.25) is 0 Å². The Morgan fingerprint density at radius 2 is 1.85 bits per heavy atom. The molecule has 1 aromatic heterocycles. The molecule has 1 N–H and O–H groups in total. The fourth-order valence-electron chi connectivity index (χ4n) is 3.02. The van der Waals surface area contributed by atoms with Crippen LogP contribution >= 0.6 is 11.3 Å². The van der Waals surface area contributed by atoms with E-state index in [0.717, 1.165) is 12.6 Å². The van der Waals surface area contributed by atoms with E-state index in [2.05, 4.69) is 53.3 Å². The van der Waals surface area contributed by atoms with Gasteiger partial charge in [0.25, 0.3) is 0 Å². The van der Waals surface area contributed by atoms with Crippen LogP contribution < -0.4 is 5.32 Å². The van der Waals surface area contributed by atoms with E-state index in [1.54, 1.807) is 11.3 Å². The molecular weight excluding hydrogens is 262 g/mol. The maximum Gasteiger partial charge on any atom is 0.00673 e.